The van der Waals surface area contributed by atoms with Gasteiger partial charge in [-0.3, -0.25) is 9.69 Å². The molecule has 2 aromatic rings. The smallest absolute Gasteiger partial charge is 0.253 e. The molecule has 6 heteroatoms. The zero-order valence-corrected chi connectivity index (χ0v) is 20.9. The van der Waals surface area contributed by atoms with E-state index in [9.17, 15) is 4.79 Å². The number of H-pyrrole nitrogens is 1. The highest BCUT2D eigenvalue weighted by Gasteiger charge is 2.43. The first-order valence-corrected chi connectivity index (χ1v) is 13.1. The maximum Gasteiger partial charge on any atom is 0.253 e. The van der Waals surface area contributed by atoms with Crippen LogP contribution < -0.4 is 4.74 Å². The summed E-state index contributed by atoms with van der Waals surface area (Å²) in [6.45, 7) is 6.07. The fourth-order valence-electron chi connectivity index (χ4n) is 6.63. The number of carbonyl (C=O) groups excluding carboxylic acids is 1. The number of ether oxygens (including phenoxy) is 2. The van der Waals surface area contributed by atoms with Crippen LogP contribution in [-0.2, 0) is 16.0 Å². The molecule has 0 radical (unpaired) electrons. The van der Waals surface area contributed by atoms with Crippen LogP contribution in [0.15, 0.2) is 30.0 Å². The third-order valence-electron chi connectivity index (χ3n) is 8.39. The topological polar surface area (TPSA) is 57.8 Å². The molecule has 3 aliphatic heterocycles. The number of amides is 1. The molecule has 3 atom stereocenters. The Morgan fingerprint density at radius 1 is 1.15 bits per heavy atom. The van der Waals surface area contributed by atoms with Crippen molar-refractivity contribution in [1.29, 1.82) is 0 Å². The van der Waals surface area contributed by atoms with Crippen molar-refractivity contribution in [2.45, 2.75) is 57.9 Å². The van der Waals surface area contributed by atoms with Crippen molar-refractivity contribution in [1.82, 2.24) is 14.8 Å². The summed E-state index contributed by atoms with van der Waals surface area (Å²) >= 11 is 0. The van der Waals surface area contributed by atoms with Gasteiger partial charge in [-0.2, -0.15) is 0 Å². The number of hydrogen-bond acceptors (Lipinski definition) is 4. The van der Waals surface area contributed by atoms with E-state index in [4.69, 9.17) is 9.47 Å². The molecule has 0 unspecified atom stereocenters. The van der Waals surface area contributed by atoms with E-state index in [1.54, 1.807) is 20.5 Å². The molecule has 0 aliphatic carbocycles. The van der Waals surface area contributed by atoms with Crippen LogP contribution in [0.5, 0.6) is 5.75 Å². The fourth-order valence-corrected chi connectivity index (χ4v) is 6.63. The van der Waals surface area contributed by atoms with Crippen LogP contribution in [0.2, 0.25) is 0 Å². The summed E-state index contributed by atoms with van der Waals surface area (Å²) in [5.74, 6) is 1.78. The van der Waals surface area contributed by atoms with Crippen LogP contribution in [0.25, 0.3) is 10.9 Å². The highest BCUT2D eigenvalue weighted by atomic mass is 16.5. The maximum absolute atomic E-state index is 13.8. The number of fused-ring (bicyclic) bond motifs is 5. The van der Waals surface area contributed by atoms with Gasteiger partial charge in [0.1, 0.15) is 5.75 Å². The third-order valence-corrected chi connectivity index (χ3v) is 8.39. The summed E-state index contributed by atoms with van der Waals surface area (Å²) in [5, 5.41) is 1.22. The number of methoxy groups -OCH3 is 2. The molecule has 0 spiro atoms. The van der Waals surface area contributed by atoms with Crippen LogP contribution in [0.3, 0.4) is 0 Å². The van der Waals surface area contributed by atoms with E-state index in [0.29, 0.717) is 5.92 Å². The van der Waals surface area contributed by atoms with E-state index in [1.165, 1.54) is 29.5 Å². The van der Waals surface area contributed by atoms with Gasteiger partial charge in [0.15, 0.2) is 0 Å². The lowest BCUT2D eigenvalue weighted by Crippen LogP contribution is -2.48. The van der Waals surface area contributed by atoms with Gasteiger partial charge in [-0.05, 0) is 55.2 Å². The molecule has 1 N–H and O–H groups in total. The normalized spacial score (nSPS) is 26.0. The van der Waals surface area contributed by atoms with Crippen LogP contribution in [0.1, 0.15) is 62.7 Å². The van der Waals surface area contributed by atoms with E-state index in [2.05, 4.69) is 39.9 Å². The molecular weight excluding hydrogens is 426 g/mol. The van der Waals surface area contributed by atoms with Gasteiger partial charge < -0.3 is 19.4 Å². The monoisotopic (exact) mass is 465 g/mol. The van der Waals surface area contributed by atoms with Gasteiger partial charge in [0.05, 0.1) is 32.1 Å². The van der Waals surface area contributed by atoms with E-state index < -0.39 is 0 Å². The number of carbonyl (C=O) groups is 1. The molecule has 1 aromatic heterocycles. The summed E-state index contributed by atoms with van der Waals surface area (Å²) in [4.78, 5) is 22.2. The van der Waals surface area contributed by atoms with E-state index in [0.717, 1.165) is 75.1 Å². The predicted octanol–water partition coefficient (Wildman–Crippen LogP) is 5.05. The molecule has 0 saturated carbocycles. The SMILES string of the molecule is CC[C@@H]1CN2CCc3c([nH]c4cccc(OC)c34)[C@@H]2C[C@@H]1/C(=C\OC)C(=O)N1CCCCCC1. The van der Waals surface area contributed by atoms with Crippen LogP contribution in [-0.4, -0.2) is 61.1 Å². The van der Waals surface area contributed by atoms with Crippen molar-refractivity contribution in [2.75, 3.05) is 40.4 Å². The third kappa shape index (κ3) is 4.10. The molecule has 5 rings (SSSR count). The number of benzene rings is 1. The van der Waals surface area contributed by atoms with Gasteiger partial charge in [-0.1, -0.05) is 32.3 Å². The Labute approximate surface area is 203 Å². The quantitative estimate of drug-likeness (QED) is 0.496. The summed E-state index contributed by atoms with van der Waals surface area (Å²) in [6.07, 6.45) is 9.44. The van der Waals surface area contributed by atoms with Gasteiger partial charge in [-0.15, -0.1) is 0 Å². The number of nitrogens with one attached hydrogen (secondary N) is 1. The van der Waals surface area contributed by atoms with Crippen molar-refractivity contribution < 1.29 is 14.3 Å². The number of rotatable bonds is 5. The molecule has 1 amide bonds. The average molecular weight is 466 g/mol. The Bertz CT molecular complexity index is 1050. The lowest BCUT2D eigenvalue weighted by atomic mass is 9.73. The van der Waals surface area contributed by atoms with Gasteiger partial charge in [0, 0.05) is 42.8 Å². The van der Waals surface area contributed by atoms with E-state index in [1.807, 2.05) is 0 Å². The number of piperidine rings is 1. The molecule has 34 heavy (non-hydrogen) atoms. The van der Waals surface area contributed by atoms with E-state index in [-0.39, 0.29) is 17.9 Å². The number of aromatic nitrogens is 1. The van der Waals surface area contributed by atoms with Crippen molar-refractivity contribution in [3.05, 3.63) is 41.3 Å². The second kappa shape index (κ2) is 10.0. The van der Waals surface area contributed by atoms with Crippen molar-refractivity contribution >= 4 is 16.8 Å². The molecule has 3 aliphatic rings. The Hall–Kier alpha value is -2.47. The first-order chi connectivity index (χ1) is 16.7. The number of hydrogen-bond donors (Lipinski definition) is 1. The largest absolute Gasteiger partial charge is 0.504 e. The van der Waals surface area contributed by atoms with Gasteiger partial charge in [-0.25, -0.2) is 0 Å². The second-order valence-electron chi connectivity index (χ2n) is 10.2. The minimum atomic E-state index is 0.190. The number of aromatic amines is 1. The van der Waals surface area contributed by atoms with Gasteiger partial charge in [0.25, 0.3) is 5.91 Å². The van der Waals surface area contributed by atoms with Crippen molar-refractivity contribution in [3.8, 4) is 5.75 Å². The molecular formula is C28H39N3O3. The first kappa shape index (κ1) is 23.3. The van der Waals surface area contributed by atoms with Crippen molar-refractivity contribution in [2.24, 2.45) is 11.8 Å². The van der Waals surface area contributed by atoms with Gasteiger partial charge in [0.2, 0.25) is 0 Å². The van der Waals surface area contributed by atoms with Gasteiger partial charge >= 0.3 is 0 Å². The molecule has 4 heterocycles. The number of likely N-dealkylation sites (tertiary alicyclic amines) is 1. The summed E-state index contributed by atoms with van der Waals surface area (Å²) < 4.78 is 11.2. The Morgan fingerprint density at radius 2 is 1.94 bits per heavy atom. The Kier molecular flexibility index (Phi) is 6.87. The first-order valence-electron chi connectivity index (χ1n) is 13.1. The van der Waals surface area contributed by atoms with Crippen LogP contribution in [0.4, 0.5) is 0 Å². The Balaban J connectivity index is 1.49. The van der Waals surface area contributed by atoms with Crippen molar-refractivity contribution in [3.63, 3.8) is 0 Å². The standard InChI is InChI=1S/C28H39N3O3/c1-4-19-17-31-15-12-20-26-23(10-9-11-25(26)34-3)29-27(20)24(31)16-21(19)22(18-33-2)28(32)30-13-7-5-6-8-14-30/h9-11,18-19,21,24,29H,4-8,12-17H2,1-3H3/b22-18+/t19-,21+,24+/m1/s1. The lowest BCUT2D eigenvalue weighted by Gasteiger charge is -2.47. The fraction of sp³-hybridized carbons (Fsp3) is 0.607. The van der Waals surface area contributed by atoms with E-state index >= 15 is 0 Å². The highest BCUT2D eigenvalue weighted by molar-refractivity contribution is 5.94. The Morgan fingerprint density at radius 3 is 2.65 bits per heavy atom. The molecule has 0 bridgehead atoms. The zero-order chi connectivity index (χ0) is 23.7. The average Bonchev–Trinajstić information content (AvgIpc) is 3.05. The zero-order valence-electron chi connectivity index (χ0n) is 20.9. The van der Waals surface area contributed by atoms with Crippen LogP contribution in [0, 0.1) is 11.8 Å². The minimum absolute atomic E-state index is 0.190. The number of nitrogens with zero attached hydrogens (tertiary/aromatic N) is 2. The second-order valence-corrected chi connectivity index (χ2v) is 10.2. The molecule has 2 fully saturated rings. The molecule has 1 aromatic carbocycles. The maximum atomic E-state index is 13.8. The summed E-state index contributed by atoms with van der Waals surface area (Å²) in [7, 11) is 3.43. The molecule has 184 valence electrons. The summed E-state index contributed by atoms with van der Waals surface area (Å²) in [6, 6.07) is 6.54. The summed E-state index contributed by atoms with van der Waals surface area (Å²) in [5.41, 5.74) is 4.72. The molecule has 6 nitrogen and oxygen atoms in total. The predicted molar refractivity (Wildman–Crippen MR) is 135 cm³/mol. The molecule has 2 saturated heterocycles. The minimum Gasteiger partial charge on any atom is -0.504 e. The van der Waals surface area contributed by atoms with Crippen LogP contribution >= 0.6 is 0 Å². The highest BCUT2D eigenvalue weighted by Crippen LogP contribution is 2.47. The lowest BCUT2D eigenvalue weighted by molar-refractivity contribution is -0.128.